The summed E-state index contributed by atoms with van der Waals surface area (Å²) in [4.78, 5) is 6.72. The van der Waals surface area contributed by atoms with Crippen LogP contribution >= 0.6 is 0 Å². The molecule has 0 unspecified atom stereocenters. The molecule has 0 radical (unpaired) electrons. The summed E-state index contributed by atoms with van der Waals surface area (Å²) in [7, 11) is 0. The summed E-state index contributed by atoms with van der Waals surface area (Å²) in [6, 6.07) is 7.09. The highest BCUT2D eigenvalue weighted by Crippen LogP contribution is 2.22. The molecule has 124 valence electrons. The van der Waals surface area contributed by atoms with Crippen LogP contribution in [0.15, 0.2) is 18.3 Å². The molecule has 3 heterocycles. The van der Waals surface area contributed by atoms with Gasteiger partial charge in [-0.15, -0.1) is 0 Å². The van der Waals surface area contributed by atoms with Crippen molar-refractivity contribution in [3.8, 4) is 6.07 Å². The van der Waals surface area contributed by atoms with Crippen molar-refractivity contribution < 1.29 is 4.74 Å². The topological polar surface area (TPSA) is 61.2 Å². The third-order valence-corrected chi connectivity index (χ3v) is 5.17. The van der Waals surface area contributed by atoms with Crippen molar-refractivity contribution in [3.05, 3.63) is 23.9 Å². The van der Waals surface area contributed by atoms with Gasteiger partial charge in [0, 0.05) is 44.6 Å². The molecule has 1 N–H and O–H groups in total. The summed E-state index contributed by atoms with van der Waals surface area (Å²) in [5, 5.41) is 12.7. The van der Waals surface area contributed by atoms with Gasteiger partial charge in [0.25, 0.3) is 0 Å². The van der Waals surface area contributed by atoms with Gasteiger partial charge in [-0.1, -0.05) is 0 Å². The van der Waals surface area contributed by atoms with Crippen LogP contribution in [0.1, 0.15) is 38.2 Å². The molecular formula is C18H26N4O. The second kappa shape index (κ2) is 7.76. The Bertz CT molecular complexity index is 525. The molecule has 23 heavy (non-hydrogen) atoms. The zero-order chi connectivity index (χ0) is 16.1. The Balaban J connectivity index is 1.47. The number of nitriles is 1. The molecule has 2 aliphatic rings. The fourth-order valence-electron chi connectivity index (χ4n) is 3.64. The van der Waals surface area contributed by atoms with E-state index in [1.807, 2.05) is 12.1 Å². The molecule has 3 rings (SSSR count). The van der Waals surface area contributed by atoms with Crippen LogP contribution in [0.25, 0.3) is 0 Å². The molecule has 2 fully saturated rings. The maximum absolute atomic E-state index is 8.85. The van der Waals surface area contributed by atoms with Crippen LogP contribution in [-0.2, 0) is 4.74 Å². The van der Waals surface area contributed by atoms with Gasteiger partial charge in [0.2, 0.25) is 0 Å². The monoisotopic (exact) mass is 314 g/mol. The number of nitrogens with zero attached hydrogens (tertiary/aromatic N) is 3. The molecule has 5 heteroatoms. The first-order valence-electron chi connectivity index (χ1n) is 8.71. The largest absolute Gasteiger partial charge is 0.381 e. The first kappa shape index (κ1) is 16.2. The van der Waals surface area contributed by atoms with Gasteiger partial charge >= 0.3 is 0 Å². The summed E-state index contributed by atoms with van der Waals surface area (Å²) in [6.07, 6.45) is 6.32. The van der Waals surface area contributed by atoms with Gasteiger partial charge in [0.05, 0.1) is 5.56 Å². The molecule has 0 amide bonds. The van der Waals surface area contributed by atoms with E-state index in [1.165, 1.54) is 12.8 Å². The Kier molecular flexibility index (Phi) is 5.47. The maximum Gasteiger partial charge on any atom is 0.128 e. The standard InChI is InChI=1S/C18H26N4O/c1-14(16-6-10-23-11-7-16)21-17-4-8-22(9-5-17)18-3-2-15(12-19)13-20-18/h2-3,13-14,16-17,21H,4-11H2,1H3/t14-/m1/s1. The molecule has 0 aliphatic carbocycles. The summed E-state index contributed by atoms with van der Waals surface area (Å²) >= 11 is 0. The van der Waals surface area contributed by atoms with Crippen molar-refractivity contribution in [1.29, 1.82) is 5.26 Å². The van der Waals surface area contributed by atoms with Crippen molar-refractivity contribution in [3.63, 3.8) is 0 Å². The zero-order valence-corrected chi connectivity index (χ0v) is 13.9. The van der Waals surface area contributed by atoms with Gasteiger partial charge in [-0.2, -0.15) is 5.26 Å². The molecule has 0 spiro atoms. The van der Waals surface area contributed by atoms with E-state index in [0.29, 0.717) is 17.6 Å². The highest BCUT2D eigenvalue weighted by atomic mass is 16.5. The Labute approximate surface area is 138 Å². The van der Waals surface area contributed by atoms with Crippen LogP contribution in [0, 0.1) is 17.2 Å². The van der Waals surface area contributed by atoms with E-state index in [2.05, 4.69) is 28.2 Å². The first-order valence-corrected chi connectivity index (χ1v) is 8.71. The smallest absolute Gasteiger partial charge is 0.128 e. The van der Waals surface area contributed by atoms with Crippen molar-refractivity contribution in [2.24, 2.45) is 5.92 Å². The highest BCUT2D eigenvalue weighted by Gasteiger charge is 2.25. The average Bonchev–Trinajstić information content (AvgIpc) is 2.63. The minimum Gasteiger partial charge on any atom is -0.381 e. The summed E-state index contributed by atoms with van der Waals surface area (Å²) in [6.45, 7) is 6.21. The molecule has 2 saturated heterocycles. The number of ether oxygens (including phenoxy) is 1. The molecule has 0 aromatic carbocycles. The number of rotatable bonds is 4. The van der Waals surface area contributed by atoms with Gasteiger partial charge in [-0.05, 0) is 50.7 Å². The molecule has 1 aromatic heterocycles. The minimum atomic E-state index is 0.573. The van der Waals surface area contributed by atoms with Gasteiger partial charge in [-0.3, -0.25) is 0 Å². The lowest BCUT2D eigenvalue weighted by Gasteiger charge is -2.37. The second-order valence-electron chi connectivity index (χ2n) is 6.68. The SMILES string of the molecule is C[C@@H](NC1CCN(c2ccc(C#N)cn2)CC1)C1CCOCC1. The number of hydrogen-bond donors (Lipinski definition) is 1. The molecule has 1 atom stereocenters. The second-order valence-corrected chi connectivity index (χ2v) is 6.68. The van der Waals surface area contributed by atoms with E-state index in [4.69, 9.17) is 10.00 Å². The van der Waals surface area contributed by atoms with Crippen LogP contribution in [0.3, 0.4) is 0 Å². The predicted octanol–water partition coefficient (Wildman–Crippen LogP) is 2.33. The summed E-state index contributed by atoms with van der Waals surface area (Å²) in [5.74, 6) is 1.74. The fraction of sp³-hybridized carbons (Fsp3) is 0.667. The molecule has 0 saturated carbocycles. The predicted molar refractivity (Wildman–Crippen MR) is 90.3 cm³/mol. The zero-order valence-electron chi connectivity index (χ0n) is 13.9. The van der Waals surface area contributed by atoms with E-state index in [9.17, 15) is 0 Å². The molecular weight excluding hydrogens is 288 g/mol. The Morgan fingerprint density at radius 3 is 2.61 bits per heavy atom. The lowest BCUT2D eigenvalue weighted by Crippen LogP contribution is -2.48. The van der Waals surface area contributed by atoms with Crippen LogP contribution < -0.4 is 10.2 Å². The van der Waals surface area contributed by atoms with E-state index < -0.39 is 0 Å². The van der Waals surface area contributed by atoms with Gasteiger partial charge < -0.3 is 15.0 Å². The van der Waals surface area contributed by atoms with Gasteiger partial charge in [0.15, 0.2) is 0 Å². The fourth-order valence-corrected chi connectivity index (χ4v) is 3.64. The van der Waals surface area contributed by atoms with Crippen LogP contribution in [-0.4, -0.2) is 43.4 Å². The lowest BCUT2D eigenvalue weighted by atomic mass is 9.91. The minimum absolute atomic E-state index is 0.573. The average molecular weight is 314 g/mol. The van der Waals surface area contributed by atoms with Crippen molar-refractivity contribution >= 4 is 5.82 Å². The van der Waals surface area contributed by atoms with Crippen molar-refractivity contribution in [2.45, 2.75) is 44.7 Å². The van der Waals surface area contributed by atoms with Crippen molar-refractivity contribution in [1.82, 2.24) is 10.3 Å². The first-order chi connectivity index (χ1) is 11.3. The highest BCUT2D eigenvalue weighted by molar-refractivity contribution is 5.42. The van der Waals surface area contributed by atoms with Crippen molar-refractivity contribution in [2.75, 3.05) is 31.2 Å². The number of hydrogen-bond acceptors (Lipinski definition) is 5. The number of pyridine rings is 1. The summed E-state index contributed by atoms with van der Waals surface area (Å²) in [5.41, 5.74) is 0.621. The third-order valence-electron chi connectivity index (χ3n) is 5.17. The van der Waals surface area contributed by atoms with Crippen LogP contribution in [0.5, 0.6) is 0 Å². The number of anilines is 1. The Hall–Kier alpha value is -1.64. The van der Waals surface area contributed by atoms with E-state index in [-0.39, 0.29) is 0 Å². The number of nitrogens with one attached hydrogen (secondary N) is 1. The molecule has 5 nitrogen and oxygen atoms in total. The Morgan fingerprint density at radius 2 is 2.00 bits per heavy atom. The van der Waals surface area contributed by atoms with Crippen LogP contribution in [0.4, 0.5) is 5.82 Å². The number of piperidine rings is 1. The quantitative estimate of drug-likeness (QED) is 0.924. The van der Waals surface area contributed by atoms with Crippen LogP contribution in [0.2, 0.25) is 0 Å². The molecule has 2 aliphatic heterocycles. The maximum atomic E-state index is 8.85. The summed E-state index contributed by atoms with van der Waals surface area (Å²) < 4.78 is 5.46. The molecule has 1 aromatic rings. The Morgan fingerprint density at radius 1 is 1.26 bits per heavy atom. The lowest BCUT2D eigenvalue weighted by molar-refractivity contribution is 0.0539. The van der Waals surface area contributed by atoms with E-state index in [0.717, 1.165) is 50.9 Å². The van der Waals surface area contributed by atoms with E-state index in [1.54, 1.807) is 6.20 Å². The van der Waals surface area contributed by atoms with Gasteiger partial charge in [-0.25, -0.2) is 4.98 Å². The van der Waals surface area contributed by atoms with E-state index >= 15 is 0 Å². The van der Waals surface area contributed by atoms with Gasteiger partial charge in [0.1, 0.15) is 11.9 Å². The number of aromatic nitrogens is 1. The molecule has 0 bridgehead atoms. The third kappa shape index (κ3) is 4.21. The normalized spacial score (nSPS) is 21.8.